The van der Waals surface area contributed by atoms with E-state index in [1.54, 1.807) is 12.1 Å². The second kappa shape index (κ2) is 5.83. The first-order valence-electron chi connectivity index (χ1n) is 6.87. The number of hydrogen-bond acceptors (Lipinski definition) is 4. The zero-order chi connectivity index (χ0) is 15.7. The van der Waals surface area contributed by atoms with Gasteiger partial charge in [-0.15, -0.1) is 0 Å². The average Bonchev–Trinajstić information content (AvgIpc) is 3.10. The standard InChI is InChI=1S/C15H21ClN2O3/c1-14(2,3)21-13(19)18-12-5-4-10(16)8-11(12)15(6-7-15)9-20-17/h4-5,8H,6-7,9,17H2,1-3H3,(H,18,19). The minimum atomic E-state index is -0.547. The molecule has 1 saturated carbocycles. The fourth-order valence-corrected chi connectivity index (χ4v) is 2.45. The summed E-state index contributed by atoms with van der Waals surface area (Å²) in [6, 6.07) is 5.36. The summed E-state index contributed by atoms with van der Waals surface area (Å²) in [6.07, 6.45) is 1.41. The summed E-state index contributed by atoms with van der Waals surface area (Å²) in [7, 11) is 0. The summed E-state index contributed by atoms with van der Waals surface area (Å²) in [5.74, 6) is 5.22. The molecule has 0 aromatic heterocycles. The highest BCUT2D eigenvalue weighted by atomic mass is 35.5. The van der Waals surface area contributed by atoms with Crippen LogP contribution in [-0.4, -0.2) is 18.3 Å². The molecule has 21 heavy (non-hydrogen) atoms. The van der Waals surface area contributed by atoms with E-state index in [4.69, 9.17) is 27.1 Å². The lowest BCUT2D eigenvalue weighted by Gasteiger charge is -2.22. The topological polar surface area (TPSA) is 73.6 Å². The number of anilines is 1. The van der Waals surface area contributed by atoms with Crippen LogP contribution < -0.4 is 11.2 Å². The van der Waals surface area contributed by atoms with Crippen LogP contribution in [-0.2, 0) is 15.0 Å². The smallest absolute Gasteiger partial charge is 0.412 e. The molecule has 0 aliphatic heterocycles. The van der Waals surface area contributed by atoms with E-state index in [1.165, 1.54) is 0 Å². The molecule has 0 atom stereocenters. The van der Waals surface area contributed by atoms with E-state index in [1.807, 2.05) is 26.8 Å². The number of carbonyl (C=O) groups is 1. The molecule has 6 heteroatoms. The third-order valence-corrected chi connectivity index (χ3v) is 3.64. The molecular weight excluding hydrogens is 292 g/mol. The maximum absolute atomic E-state index is 11.9. The van der Waals surface area contributed by atoms with Gasteiger partial charge in [-0.1, -0.05) is 11.6 Å². The minimum absolute atomic E-state index is 0.163. The Labute approximate surface area is 129 Å². The molecule has 1 aliphatic rings. The van der Waals surface area contributed by atoms with Crippen LogP contribution in [0.15, 0.2) is 18.2 Å². The van der Waals surface area contributed by atoms with Gasteiger partial charge in [0.15, 0.2) is 0 Å². The van der Waals surface area contributed by atoms with Crippen molar-refractivity contribution in [3.05, 3.63) is 28.8 Å². The number of halogens is 1. The van der Waals surface area contributed by atoms with E-state index in [2.05, 4.69) is 5.32 Å². The third kappa shape index (κ3) is 4.09. The van der Waals surface area contributed by atoms with Crippen LogP contribution in [0.25, 0.3) is 0 Å². The zero-order valence-electron chi connectivity index (χ0n) is 12.5. The number of hydrogen-bond donors (Lipinski definition) is 2. The fourth-order valence-electron chi connectivity index (χ4n) is 2.28. The third-order valence-electron chi connectivity index (χ3n) is 3.40. The van der Waals surface area contributed by atoms with E-state index in [9.17, 15) is 4.79 Å². The van der Waals surface area contributed by atoms with Gasteiger partial charge in [-0.25, -0.2) is 10.7 Å². The Hall–Kier alpha value is -1.30. The Morgan fingerprint density at radius 1 is 1.43 bits per heavy atom. The van der Waals surface area contributed by atoms with E-state index >= 15 is 0 Å². The van der Waals surface area contributed by atoms with E-state index in [0.717, 1.165) is 18.4 Å². The maximum Gasteiger partial charge on any atom is 0.412 e. The monoisotopic (exact) mass is 312 g/mol. The van der Waals surface area contributed by atoms with Gasteiger partial charge in [-0.3, -0.25) is 5.32 Å². The Morgan fingerprint density at radius 2 is 2.10 bits per heavy atom. The molecule has 1 aliphatic carbocycles. The Bertz CT molecular complexity index is 536. The molecule has 3 N–H and O–H groups in total. The first-order valence-corrected chi connectivity index (χ1v) is 7.25. The molecule has 1 amide bonds. The van der Waals surface area contributed by atoms with Crippen molar-refractivity contribution < 1.29 is 14.4 Å². The zero-order valence-corrected chi connectivity index (χ0v) is 13.3. The first kappa shape index (κ1) is 16.1. The highest BCUT2D eigenvalue weighted by molar-refractivity contribution is 6.30. The van der Waals surface area contributed by atoms with Crippen LogP contribution in [0.5, 0.6) is 0 Å². The lowest BCUT2D eigenvalue weighted by molar-refractivity contribution is 0.0635. The molecule has 116 valence electrons. The molecule has 1 fully saturated rings. The molecule has 0 bridgehead atoms. The number of carbonyl (C=O) groups excluding carboxylic acids is 1. The molecule has 2 rings (SSSR count). The van der Waals surface area contributed by atoms with E-state index in [0.29, 0.717) is 17.3 Å². The molecule has 0 heterocycles. The number of nitrogens with one attached hydrogen (secondary N) is 1. The molecule has 0 unspecified atom stereocenters. The van der Waals surface area contributed by atoms with Crippen molar-refractivity contribution >= 4 is 23.4 Å². The summed E-state index contributed by atoms with van der Waals surface area (Å²) in [4.78, 5) is 16.8. The summed E-state index contributed by atoms with van der Waals surface area (Å²) < 4.78 is 5.28. The Balaban J connectivity index is 2.22. The van der Waals surface area contributed by atoms with Gasteiger partial charge in [-0.05, 0) is 57.4 Å². The highest BCUT2D eigenvalue weighted by Crippen LogP contribution is 2.51. The van der Waals surface area contributed by atoms with Gasteiger partial charge in [0.2, 0.25) is 0 Å². The second-order valence-corrected chi connectivity index (χ2v) is 6.84. The molecule has 1 aromatic carbocycles. The predicted octanol–water partition coefficient (Wildman–Crippen LogP) is 3.61. The molecule has 0 radical (unpaired) electrons. The van der Waals surface area contributed by atoms with Gasteiger partial charge in [-0.2, -0.15) is 0 Å². The fraction of sp³-hybridized carbons (Fsp3) is 0.533. The Morgan fingerprint density at radius 3 is 2.62 bits per heavy atom. The van der Waals surface area contributed by atoms with Crippen LogP contribution in [0.3, 0.4) is 0 Å². The van der Waals surface area contributed by atoms with Crippen LogP contribution in [0.2, 0.25) is 5.02 Å². The molecule has 0 saturated heterocycles. The predicted molar refractivity (Wildman–Crippen MR) is 82.4 cm³/mol. The average molecular weight is 313 g/mol. The van der Waals surface area contributed by atoms with Gasteiger partial charge < -0.3 is 9.57 Å². The SMILES string of the molecule is CC(C)(C)OC(=O)Nc1ccc(Cl)cc1C1(CON)CC1. The molecular formula is C15H21ClN2O3. The summed E-state index contributed by atoms with van der Waals surface area (Å²) in [6.45, 7) is 5.86. The lowest BCUT2D eigenvalue weighted by Crippen LogP contribution is -2.28. The lowest BCUT2D eigenvalue weighted by atomic mass is 9.95. The van der Waals surface area contributed by atoms with Crippen LogP contribution in [0.1, 0.15) is 39.2 Å². The summed E-state index contributed by atoms with van der Waals surface area (Å²) in [5.41, 5.74) is 0.910. The van der Waals surface area contributed by atoms with Crippen molar-refractivity contribution in [1.29, 1.82) is 0 Å². The van der Waals surface area contributed by atoms with E-state index < -0.39 is 11.7 Å². The van der Waals surface area contributed by atoms with Crippen molar-refractivity contribution in [2.75, 3.05) is 11.9 Å². The minimum Gasteiger partial charge on any atom is -0.444 e. The Kier molecular flexibility index (Phi) is 4.46. The number of nitrogens with two attached hydrogens (primary N) is 1. The van der Waals surface area contributed by atoms with Gasteiger partial charge in [0.1, 0.15) is 5.60 Å². The highest BCUT2D eigenvalue weighted by Gasteiger charge is 2.46. The number of rotatable bonds is 4. The number of amides is 1. The largest absolute Gasteiger partial charge is 0.444 e. The number of benzene rings is 1. The van der Waals surface area contributed by atoms with Crippen LogP contribution in [0.4, 0.5) is 10.5 Å². The van der Waals surface area contributed by atoms with Gasteiger partial charge in [0.25, 0.3) is 0 Å². The van der Waals surface area contributed by atoms with Crippen LogP contribution in [0, 0.1) is 0 Å². The van der Waals surface area contributed by atoms with Crippen molar-refractivity contribution in [2.24, 2.45) is 5.90 Å². The second-order valence-electron chi connectivity index (χ2n) is 6.41. The van der Waals surface area contributed by atoms with Crippen molar-refractivity contribution in [2.45, 2.75) is 44.6 Å². The van der Waals surface area contributed by atoms with Crippen molar-refractivity contribution in [3.8, 4) is 0 Å². The van der Waals surface area contributed by atoms with Gasteiger partial charge >= 0.3 is 6.09 Å². The van der Waals surface area contributed by atoms with Crippen molar-refractivity contribution in [3.63, 3.8) is 0 Å². The summed E-state index contributed by atoms with van der Waals surface area (Å²) >= 11 is 6.08. The van der Waals surface area contributed by atoms with E-state index in [-0.39, 0.29) is 5.41 Å². The molecule has 0 spiro atoms. The first-order chi connectivity index (χ1) is 9.76. The molecule has 5 nitrogen and oxygen atoms in total. The van der Waals surface area contributed by atoms with Crippen LogP contribution >= 0.6 is 11.6 Å². The number of ether oxygens (including phenoxy) is 1. The normalized spacial score (nSPS) is 16.4. The quantitative estimate of drug-likeness (QED) is 0.833. The maximum atomic E-state index is 11.9. The van der Waals surface area contributed by atoms with Gasteiger partial charge in [0.05, 0.1) is 6.61 Å². The molecule has 1 aromatic rings. The van der Waals surface area contributed by atoms with Gasteiger partial charge in [0, 0.05) is 16.1 Å². The van der Waals surface area contributed by atoms with Crippen molar-refractivity contribution in [1.82, 2.24) is 0 Å². The summed E-state index contributed by atoms with van der Waals surface area (Å²) in [5, 5.41) is 3.40.